The highest BCUT2D eigenvalue weighted by atomic mass is 19.1. The zero-order valence-electron chi connectivity index (χ0n) is 10.6. The summed E-state index contributed by atoms with van der Waals surface area (Å²) in [6.07, 6.45) is 2.62. The lowest BCUT2D eigenvalue weighted by atomic mass is 10.1. The van der Waals surface area contributed by atoms with Crippen LogP contribution in [0.5, 0.6) is 5.75 Å². The van der Waals surface area contributed by atoms with Crippen LogP contribution in [0.3, 0.4) is 0 Å². The van der Waals surface area contributed by atoms with Gasteiger partial charge >= 0.3 is 0 Å². The smallest absolute Gasteiger partial charge is 0.131 e. The number of nitrogens with zero attached hydrogens (tertiary/aromatic N) is 1. The molecule has 2 rings (SSSR count). The first kappa shape index (κ1) is 12.6. The van der Waals surface area contributed by atoms with Crippen LogP contribution >= 0.6 is 0 Å². The SMILES string of the molecule is CCCOc1cc(F)ccc1-c1ncccc1C. The summed E-state index contributed by atoms with van der Waals surface area (Å²) >= 11 is 0. The first-order valence-electron chi connectivity index (χ1n) is 6.06. The molecule has 1 aromatic carbocycles. The molecule has 2 aromatic rings. The second kappa shape index (κ2) is 5.63. The van der Waals surface area contributed by atoms with Crippen LogP contribution in [0.15, 0.2) is 36.5 Å². The largest absolute Gasteiger partial charge is 0.493 e. The summed E-state index contributed by atoms with van der Waals surface area (Å²) in [6.45, 7) is 4.57. The van der Waals surface area contributed by atoms with Gasteiger partial charge in [-0.2, -0.15) is 0 Å². The second-order valence-electron chi connectivity index (χ2n) is 4.16. The number of halogens is 1. The van der Waals surface area contributed by atoms with Crippen molar-refractivity contribution in [1.82, 2.24) is 4.98 Å². The molecule has 0 saturated heterocycles. The molecule has 3 heteroatoms. The van der Waals surface area contributed by atoms with Gasteiger partial charge < -0.3 is 4.74 Å². The molecule has 0 spiro atoms. The third-order valence-corrected chi connectivity index (χ3v) is 2.67. The molecule has 0 saturated carbocycles. The molecule has 0 atom stereocenters. The van der Waals surface area contributed by atoms with Crippen molar-refractivity contribution < 1.29 is 9.13 Å². The summed E-state index contributed by atoms with van der Waals surface area (Å²) in [5.41, 5.74) is 2.72. The molecular weight excluding hydrogens is 229 g/mol. The van der Waals surface area contributed by atoms with E-state index in [0.717, 1.165) is 23.2 Å². The molecule has 0 unspecified atom stereocenters. The maximum absolute atomic E-state index is 13.3. The van der Waals surface area contributed by atoms with Gasteiger partial charge in [0.1, 0.15) is 11.6 Å². The maximum Gasteiger partial charge on any atom is 0.131 e. The summed E-state index contributed by atoms with van der Waals surface area (Å²) in [5, 5.41) is 0. The molecule has 0 fully saturated rings. The third kappa shape index (κ3) is 2.67. The van der Waals surface area contributed by atoms with E-state index in [-0.39, 0.29) is 5.82 Å². The number of benzene rings is 1. The van der Waals surface area contributed by atoms with E-state index >= 15 is 0 Å². The van der Waals surface area contributed by atoms with Crippen molar-refractivity contribution in [2.24, 2.45) is 0 Å². The van der Waals surface area contributed by atoms with Gasteiger partial charge in [-0.3, -0.25) is 4.98 Å². The van der Waals surface area contributed by atoms with Crippen molar-refractivity contribution in [2.75, 3.05) is 6.61 Å². The number of hydrogen-bond acceptors (Lipinski definition) is 2. The van der Waals surface area contributed by atoms with E-state index in [1.807, 2.05) is 26.0 Å². The molecule has 0 aliphatic carbocycles. The first-order valence-corrected chi connectivity index (χ1v) is 6.06. The highest BCUT2D eigenvalue weighted by Crippen LogP contribution is 2.31. The Morgan fingerprint density at radius 1 is 1.28 bits per heavy atom. The fourth-order valence-electron chi connectivity index (χ4n) is 1.79. The summed E-state index contributed by atoms with van der Waals surface area (Å²) in [5.74, 6) is 0.261. The topological polar surface area (TPSA) is 22.1 Å². The molecular formula is C15H16FNO. The Kier molecular flexibility index (Phi) is 3.92. The van der Waals surface area contributed by atoms with E-state index in [2.05, 4.69) is 4.98 Å². The summed E-state index contributed by atoms with van der Waals surface area (Å²) in [4.78, 5) is 4.34. The summed E-state index contributed by atoms with van der Waals surface area (Å²) < 4.78 is 18.9. The molecule has 0 N–H and O–H groups in total. The van der Waals surface area contributed by atoms with Crippen molar-refractivity contribution in [3.8, 4) is 17.0 Å². The van der Waals surface area contributed by atoms with Gasteiger partial charge in [-0.25, -0.2) is 4.39 Å². The van der Waals surface area contributed by atoms with Gasteiger partial charge in [0.25, 0.3) is 0 Å². The van der Waals surface area contributed by atoms with E-state index in [1.54, 1.807) is 12.3 Å². The standard InChI is InChI=1S/C15H16FNO/c1-3-9-18-14-10-12(16)6-7-13(14)15-11(2)5-4-8-17-15/h4-8,10H,3,9H2,1-2H3. The van der Waals surface area contributed by atoms with Gasteiger partial charge in [0.05, 0.1) is 12.3 Å². The van der Waals surface area contributed by atoms with E-state index < -0.39 is 0 Å². The Balaban J connectivity index is 2.46. The van der Waals surface area contributed by atoms with Gasteiger partial charge in [-0.1, -0.05) is 13.0 Å². The molecule has 18 heavy (non-hydrogen) atoms. The average molecular weight is 245 g/mol. The highest BCUT2D eigenvalue weighted by Gasteiger charge is 2.10. The van der Waals surface area contributed by atoms with Crippen LogP contribution in [0.25, 0.3) is 11.3 Å². The van der Waals surface area contributed by atoms with Crippen LogP contribution in [0.1, 0.15) is 18.9 Å². The van der Waals surface area contributed by atoms with Crippen LogP contribution in [0, 0.1) is 12.7 Å². The Hall–Kier alpha value is -1.90. The van der Waals surface area contributed by atoms with Crippen LogP contribution in [0.2, 0.25) is 0 Å². The quantitative estimate of drug-likeness (QED) is 0.812. The van der Waals surface area contributed by atoms with Crippen molar-refractivity contribution >= 4 is 0 Å². The van der Waals surface area contributed by atoms with Crippen molar-refractivity contribution in [3.05, 3.63) is 47.9 Å². The van der Waals surface area contributed by atoms with E-state index in [4.69, 9.17) is 4.74 Å². The summed E-state index contributed by atoms with van der Waals surface area (Å²) in [7, 11) is 0. The van der Waals surface area contributed by atoms with Crippen LogP contribution in [0.4, 0.5) is 4.39 Å². The van der Waals surface area contributed by atoms with Crippen LogP contribution in [-0.4, -0.2) is 11.6 Å². The minimum absolute atomic E-state index is 0.293. The second-order valence-corrected chi connectivity index (χ2v) is 4.16. The molecule has 94 valence electrons. The van der Waals surface area contributed by atoms with Crippen molar-refractivity contribution in [1.29, 1.82) is 0 Å². The molecule has 0 aliphatic rings. The van der Waals surface area contributed by atoms with E-state index in [9.17, 15) is 4.39 Å². The molecule has 0 radical (unpaired) electrons. The predicted molar refractivity (Wildman–Crippen MR) is 70.2 cm³/mol. The molecule has 0 amide bonds. The number of hydrogen-bond donors (Lipinski definition) is 0. The minimum Gasteiger partial charge on any atom is -0.493 e. The fourth-order valence-corrected chi connectivity index (χ4v) is 1.79. The number of aryl methyl sites for hydroxylation is 1. The van der Waals surface area contributed by atoms with Gasteiger partial charge in [0.2, 0.25) is 0 Å². The number of rotatable bonds is 4. The monoisotopic (exact) mass is 245 g/mol. The molecule has 0 bridgehead atoms. The lowest BCUT2D eigenvalue weighted by Gasteiger charge is -2.12. The molecule has 1 heterocycles. The lowest BCUT2D eigenvalue weighted by Crippen LogP contribution is -1.99. The molecule has 2 nitrogen and oxygen atoms in total. The Morgan fingerprint density at radius 3 is 2.83 bits per heavy atom. The average Bonchev–Trinajstić information content (AvgIpc) is 2.37. The third-order valence-electron chi connectivity index (χ3n) is 2.67. The lowest BCUT2D eigenvalue weighted by molar-refractivity contribution is 0.317. The van der Waals surface area contributed by atoms with Gasteiger partial charge in [0.15, 0.2) is 0 Å². The van der Waals surface area contributed by atoms with E-state index in [1.165, 1.54) is 12.1 Å². The number of ether oxygens (including phenoxy) is 1. The Morgan fingerprint density at radius 2 is 2.11 bits per heavy atom. The Bertz CT molecular complexity index is 540. The predicted octanol–water partition coefficient (Wildman–Crippen LogP) is 3.98. The van der Waals surface area contributed by atoms with Gasteiger partial charge in [-0.15, -0.1) is 0 Å². The fraction of sp³-hybridized carbons (Fsp3) is 0.267. The maximum atomic E-state index is 13.3. The summed E-state index contributed by atoms with van der Waals surface area (Å²) in [6, 6.07) is 8.43. The number of aromatic nitrogens is 1. The van der Waals surface area contributed by atoms with Crippen LogP contribution in [-0.2, 0) is 0 Å². The normalized spacial score (nSPS) is 10.4. The zero-order chi connectivity index (χ0) is 13.0. The Labute approximate surface area is 106 Å². The van der Waals surface area contributed by atoms with Crippen molar-refractivity contribution in [2.45, 2.75) is 20.3 Å². The molecule has 0 aliphatic heterocycles. The highest BCUT2D eigenvalue weighted by molar-refractivity contribution is 5.69. The van der Waals surface area contributed by atoms with Crippen molar-refractivity contribution in [3.63, 3.8) is 0 Å². The first-order chi connectivity index (χ1) is 8.72. The number of pyridine rings is 1. The van der Waals surface area contributed by atoms with Gasteiger partial charge in [-0.05, 0) is 37.1 Å². The zero-order valence-corrected chi connectivity index (χ0v) is 10.6. The minimum atomic E-state index is -0.293. The molecule has 1 aromatic heterocycles. The van der Waals surface area contributed by atoms with Crippen LogP contribution < -0.4 is 4.74 Å². The van der Waals surface area contributed by atoms with E-state index in [0.29, 0.717) is 12.4 Å². The van der Waals surface area contributed by atoms with Gasteiger partial charge in [0, 0.05) is 17.8 Å².